The molecular formula is C22H26ClN3O3. The van der Waals surface area contributed by atoms with Gasteiger partial charge in [0.25, 0.3) is 0 Å². The van der Waals surface area contributed by atoms with E-state index in [1.165, 1.54) is 6.92 Å². The summed E-state index contributed by atoms with van der Waals surface area (Å²) in [6.45, 7) is 3.93. The van der Waals surface area contributed by atoms with E-state index in [4.69, 9.17) is 16.3 Å². The zero-order valence-corrected chi connectivity index (χ0v) is 17.3. The van der Waals surface area contributed by atoms with Crippen molar-refractivity contribution in [1.29, 1.82) is 0 Å². The van der Waals surface area contributed by atoms with Gasteiger partial charge in [-0.15, -0.1) is 0 Å². The van der Waals surface area contributed by atoms with Crippen molar-refractivity contribution >= 4 is 29.3 Å². The number of esters is 1. The summed E-state index contributed by atoms with van der Waals surface area (Å²) in [4.78, 5) is 32.3. The lowest BCUT2D eigenvalue weighted by Gasteiger charge is -2.32. The number of hydrogen-bond donors (Lipinski definition) is 0. The van der Waals surface area contributed by atoms with E-state index in [0.717, 1.165) is 37.3 Å². The maximum Gasteiger partial charge on any atom is 0.307 e. The smallest absolute Gasteiger partial charge is 0.307 e. The molecule has 0 unspecified atom stereocenters. The van der Waals surface area contributed by atoms with E-state index in [2.05, 4.69) is 9.88 Å². The SMILES string of the molecule is CC(=O)N(CCC(=O)OC1CCN(c2ccc(Cl)cn2)CC1)Cc1ccccc1. The van der Waals surface area contributed by atoms with Crippen molar-refractivity contribution in [3.63, 3.8) is 0 Å². The molecule has 2 aromatic rings. The average Bonchev–Trinajstić information content (AvgIpc) is 2.73. The summed E-state index contributed by atoms with van der Waals surface area (Å²) in [6.07, 6.45) is 3.27. The van der Waals surface area contributed by atoms with E-state index < -0.39 is 0 Å². The summed E-state index contributed by atoms with van der Waals surface area (Å²) >= 11 is 5.88. The van der Waals surface area contributed by atoms with Crippen molar-refractivity contribution < 1.29 is 14.3 Å². The van der Waals surface area contributed by atoms with Crippen LogP contribution >= 0.6 is 11.6 Å². The summed E-state index contributed by atoms with van der Waals surface area (Å²) in [6, 6.07) is 13.5. The monoisotopic (exact) mass is 415 g/mol. The van der Waals surface area contributed by atoms with E-state index in [0.29, 0.717) is 18.1 Å². The first kappa shape index (κ1) is 21.1. The third-order valence-electron chi connectivity index (χ3n) is 5.02. The second-order valence-electron chi connectivity index (χ2n) is 7.19. The Morgan fingerprint density at radius 2 is 1.90 bits per heavy atom. The normalized spacial score (nSPS) is 14.5. The molecule has 1 aliphatic rings. The predicted molar refractivity (Wildman–Crippen MR) is 113 cm³/mol. The lowest BCUT2D eigenvalue weighted by Crippen LogP contribution is -2.38. The zero-order chi connectivity index (χ0) is 20.6. The van der Waals surface area contributed by atoms with Crippen LogP contribution in [0.1, 0.15) is 31.7 Å². The molecule has 6 nitrogen and oxygen atoms in total. The van der Waals surface area contributed by atoms with Gasteiger partial charge in [0.15, 0.2) is 0 Å². The van der Waals surface area contributed by atoms with Crippen LogP contribution in [0.5, 0.6) is 0 Å². The quantitative estimate of drug-likeness (QED) is 0.645. The number of hydrogen-bond acceptors (Lipinski definition) is 5. The standard InChI is InChI=1S/C22H26ClN3O3/c1-17(27)26(16-18-5-3-2-4-6-18)14-11-22(28)29-20-9-12-25(13-10-20)21-8-7-19(23)15-24-21/h2-8,15,20H,9-14,16H2,1H3. The molecule has 3 rings (SSSR count). The summed E-state index contributed by atoms with van der Waals surface area (Å²) in [7, 11) is 0. The Labute approximate surface area is 176 Å². The molecule has 7 heteroatoms. The minimum absolute atomic E-state index is 0.0505. The predicted octanol–water partition coefficient (Wildman–Crippen LogP) is 3.69. The molecule has 1 aromatic carbocycles. The number of aromatic nitrogens is 1. The van der Waals surface area contributed by atoms with Crippen LogP contribution in [0.2, 0.25) is 5.02 Å². The highest BCUT2D eigenvalue weighted by atomic mass is 35.5. The first-order valence-corrected chi connectivity index (χ1v) is 10.2. The second-order valence-corrected chi connectivity index (χ2v) is 7.62. The largest absolute Gasteiger partial charge is 0.462 e. The van der Waals surface area contributed by atoms with Crippen molar-refractivity contribution in [3.8, 4) is 0 Å². The molecule has 29 heavy (non-hydrogen) atoms. The van der Waals surface area contributed by atoms with E-state index in [1.54, 1.807) is 11.1 Å². The van der Waals surface area contributed by atoms with E-state index in [1.807, 2.05) is 42.5 Å². The number of pyridine rings is 1. The highest BCUT2D eigenvalue weighted by Crippen LogP contribution is 2.21. The minimum atomic E-state index is -0.257. The molecule has 0 saturated carbocycles. The molecule has 1 amide bonds. The summed E-state index contributed by atoms with van der Waals surface area (Å²) in [5.74, 6) is 0.579. The molecule has 1 saturated heterocycles. The average molecular weight is 416 g/mol. The Kier molecular flexibility index (Phi) is 7.47. The van der Waals surface area contributed by atoms with Crippen LogP contribution in [-0.2, 0) is 20.9 Å². The van der Waals surface area contributed by atoms with Crippen molar-refractivity contribution in [2.75, 3.05) is 24.5 Å². The highest BCUT2D eigenvalue weighted by molar-refractivity contribution is 6.30. The van der Waals surface area contributed by atoms with Gasteiger partial charge in [-0.25, -0.2) is 4.98 Å². The Bertz CT molecular complexity index is 806. The molecule has 2 heterocycles. The van der Waals surface area contributed by atoms with Crippen LogP contribution in [0.15, 0.2) is 48.7 Å². The maximum absolute atomic E-state index is 12.3. The number of rotatable bonds is 7. The fourth-order valence-electron chi connectivity index (χ4n) is 3.38. The fourth-order valence-corrected chi connectivity index (χ4v) is 3.49. The van der Waals surface area contributed by atoms with Gasteiger partial charge in [-0.1, -0.05) is 41.9 Å². The fraction of sp³-hybridized carbons (Fsp3) is 0.409. The molecule has 0 aliphatic carbocycles. The van der Waals surface area contributed by atoms with Gasteiger partial charge in [-0.05, 0) is 17.7 Å². The topological polar surface area (TPSA) is 62.7 Å². The molecule has 0 radical (unpaired) electrons. The molecule has 1 aliphatic heterocycles. The number of piperidine rings is 1. The summed E-state index contributed by atoms with van der Waals surface area (Å²) in [5, 5.41) is 0.615. The first-order chi connectivity index (χ1) is 14.0. The Morgan fingerprint density at radius 3 is 2.52 bits per heavy atom. The number of carbonyl (C=O) groups excluding carboxylic acids is 2. The van der Waals surface area contributed by atoms with Crippen LogP contribution in [-0.4, -0.2) is 47.5 Å². The number of ether oxygens (including phenoxy) is 1. The van der Waals surface area contributed by atoms with Gasteiger partial charge in [-0.3, -0.25) is 9.59 Å². The first-order valence-electron chi connectivity index (χ1n) is 9.86. The number of carbonyl (C=O) groups is 2. The highest BCUT2D eigenvalue weighted by Gasteiger charge is 2.23. The molecule has 154 valence electrons. The van der Waals surface area contributed by atoms with Crippen molar-refractivity contribution in [1.82, 2.24) is 9.88 Å². The lowest BCUT2D eigenvalue weighted by molar-refractivity contribution is -0.150. The van der Waals surface area contributed by atoms with Gasteiger partial charge < -0.3 is 14.5 Å². The third-order valence-corrected chi connectivity index (χ3v) is 5.25. The Morgan fingerprint density at radius 1 is 1.17 bits per heavy atom. The molecular weight excluding hydrogens is 390 g/mol. The van der Waals surface area contributed by atoms with Gasteiger partial charge in [0.1, 0.15) is 11.9 Å². The third kappa shape index (κ3) is 6.46. The number of anilines is 1. The van der Waals surface area contributed by atoms with E-state index in [9.17, 15) is 9.59 Å². The van der Waals surface area contributed by atoms with E-state index >= 15 is 0 Å². The Hall–Kier alpha value is -2.60. The van der Waals surface area contributed by atoms with Crippen LogP contribution in [0.25, 0.3) is 0 Å². The van der Waals surface area contributed by atoms with Gasteiger partial charge in [0.2, 0.25) is 5.91 Å². The number of halogens is 1. The molecule has 0 N–H and O–H groups in total. The van der Waals surface area contributed by atoms with E-state index in [-0.39, 0.29) is 24.4 Å². The van der Waals surface area contributed by atoms with Crippen LogP contribution in [0.3, 0.4) is 0 Å². The van der Waals surface area contributed by atoms with Gasteiger partial charge in [-0.2, -0.15) is 0 Å². The van der Waals surface area contributed by atoms with Gasteiger partial charge in [0, 0.05) is 52.1 Å². The minimum Gasteiger partial charge on any atom is -0.462 e. The lowest BCUT2D eigenvalue weighted by atomic mass is 10.1. The van der Waals surface area contributed by atoms with Crippen molar-refractivity contribution in [3.05, 3.63) is 59.2 Å². The van der Waals surface area contributed by atoms with Gasteiger partial charge in [0.05, 0.1) is 11.4 Å². The summed E-state index contributed by atoms with van der Waals surface area (Å²) in [5.41, 5.74) is 1.04. The number of nitrogens with zero attached hydrogens (tertiary/aromatic N) is 3. The molecule has 0 atom stereocenters. The van der Waals surface area contributed by atoms with Gasteiger partial charge >= 0.3 is 5.97 Å². The maximum atomic E-state index is 12.3. The second kappa shape index (κ2) is 10.3. The molecule has 0 spiro atoms. The zero-order valence-electron chi connectivity index (χ0n) is 16.6. The van der Waals surface area contributed by atoms with Crippen molar-refractivity contribution in [2.45, 2.75) is 38.8 Å². The summed E-state index contributed by atoms with van der Waals surface area (Å²) < 4.78 is 5.63. The number of amides is 1. The van der Waals surface area contributed by atoms with Crippen LogP contribution in [0, 0.1) is 0 Å². The molecule has 0 bridgehead atoms. The molecule has 1 fully saturated rings. The van der Waals surface area contributed by atoms with Crippen LogP contribution < -0.4 is 4.90 Å². The number of benzene rings is 1. The van der Waals surface area contributed by atoms with Crippen LogP contribution in [0.4, 0.5) is 5.82 Å². The molecule has 1 aromatic heterocycles. The van der Waals surface area contributed by atoms with Crippen molar-refractivity contribution in [2.24, 2.45) is 0 Å². The Balaban J connectivity index is 1.42.